The van der Waals surface area contributed by atoms with Gasteiger partial charge in [0.2, 0.25) is 0 Å². The smallest absolute Gasteiger partial charge is 0.296 e. The Morgan fingerprint density at radius 2 is 2.23 bits per heavy atom. The normalized spacial score (nSPS) is 46.3. The Balaban J connectivity index is 2.77. The van der Waals surface area contributed by atoms with E-state index < -0.39 is 6.95 Å². The molecule has 0 N–H and O–H groups in total. The minimum absolute atomic E-state index is 0.0580. The van der Waals surface area contributed by atoms with Gasteiger partial charge in [-0.1, -0.05) is 20.8 Å². The van der Waals surface area contributed by atoms with Crippen molar-refractivity contribution < 1.29 is 13.6 Å². The van der Waals surface area contributed by atoms with Crippen molar-refractivity contribution in [3.8, 4) is 0 Å². The van der Waals surface area contributed by atoms with Crippen LogP contribution in [0, 0.1) is 5.41 Å². The number of hydrogen-bond acceptors (Lipinski definition) is 3. The van der Waals surface area contributed by atoms with Crippen molar-refractivity contribution >= 4 is 18.2 Å². The quantitative estimate of drug-likeness (QED) is 0.675. The third kappa shape index (κ3) is 2.47. The molecule has 1 rings (SSSR count). The van der Waals surface area contributed by atoms with E-state index >= 15 is 0 Å². The Bertz CT molecular complexity index is 233. The van der Waals surface area contributed by atoms with Gasteiger partial charge in [0.05, 0.1) is 12.7 Å². The maximum absolute atomic E-state index is 11.3. The molecule has 0 spiro atoms. The zero-order valence-electron chi connectivity index (χ0n) is 8.25. The molecule has 3 atom stereocenters. The van der Waals surface area contributed by atoms with E-state index in [4.69, 9.17) is 20.3 Å². The summed E-state index contributed by atoms with van der Waals surface area (Å²) in [4.78, 5) is 0. The van der Waals surface area contributed by atoms with E-state index in [0.29, 0.717) is 6.61 Å². The van der Waals surface area contributed by atoms with Crippen LogP contribution in [0.1, 0.15) is 33.6 Å². The molecule has 1 fully saturated rings. The van der Waals surface area contributed by atoms with Gasteiger partial charge < -0.3 is 0 Å². The van der Waals surface area contributed by atoms with Gasteiger partial charge in [0.15, 0.2) is 0 Å². The molecular formula is C8H16ClO3P. The first-order valence-electron chi connectivity index (χ1n) is 4.56. The number of hydrogen-bond donors (Lipinski definition) is 0. The summed E-state index contributed by atoms with van der Waals surface area (Å²) in [5, 5.41) is 0. The Morgan fingerprint density at radius 3 is 2.69 bits per heavy atom. The summed E-state index contributed by atoms with van der Waals surface area (Å²) in [6.07, 6.45) is 1.68. The fourth-order valence-electron chi connectivity index (χ4n) is 1.52. The van der Waals surface area contributed by atoms with Gasteiger partial charge in [-0.2, -0.15) is 0 Å². The van der Waals surface area contributed by atoms with Gasteiger partial charge in [-0.15, -0.1) is 0 Å². The summed E-state index contributed by atoms with van der Waals surface area (Å²) in [7, 11) is 0. The average molecular weight is 227 g/mol. The molecule has 0 saturated carbocycles. The van der Waals surface area contributed by atoms with Gasteiger partial charge in [-0.05, 0) is 12.8 Å². The summed E-state index contributed by atoms with van der Waals surface area (Å²) in [6, 6.07) is 0. The van der Waals surface area contributed by atoms with Gasteiger partial charge in [0.1, 0.15) is 0 Å². The standard InChI is InChI=1S/C8H16ClO3P/c1-4-7-8(3,5-2)6-11-13(9,10)12-7/h7H,4-6H2,1-3H3. The van der Waals surface area contributed by atoms with Crippen molar-refractivity contribution in [2.45, 2.75) is 39.7 Å². The minimum Gasteiger partial charge on any atom is -0.296 e. The van der Waals surface area contributed by atoms with E-state index in [1.807, 2.05) is 6.92 Å². The number of rotatable bonds is 2. The van der Waals surface area contributed by atoms with E-state index in [1.54, 1.807) is 0 Å². The van der Waals surface area contributed by atoms with Gasteiger partial charge >= 0.3 is 6.95 Å². The van der Waals surface area contributed by atoms with Gasteiger partial charge in [-0.25, -0.2) is 4.57 Å². The molecule has 0 aromatic carbocycles. The van der Waals surface area contributed by atoms with Crippen LogP contribution in [0.4, 0.5) is 0 Å². The van der Waals surface area contributed by atoms with Crippen molar-refractivity contribution in [1.82, 2.24) is 0 Å². The molecule has 1 aliphatic rings. The highest BCUT2D eigenvalue weighted by molar-refractivity contribution is 7.81. The zero-order valence-corrected chi connectivity index (χ0v) is 9.90. The second kappa shape index (κ2) is 3.90. The lowest BCUT2D eigenvalue weighted by Gasteiger charge is -2.41. The predicted octanol–water partition coefficient (Wildman–Crippen LogP) is 3.58. The third-order valence-electron chi connectivity index (χ3n) is 2.76. The molecule has 3 unspecified atom stereocenters. The van der Waals surface area contributed by atoms with Crippen LogP contribution < -0.4 is 0 Å². The van der Waals surface area contributed by atoms with E-state index in [1.165, 1.54) is 0 Å². The van der Waals surface area contributed by atoms with Crippen LogP contribution in [-0.4, -0.2) is 12.7 Å². The number of halogens is 1. The van der Waals surface area contributed by atoms with Crippen LogP contribution in [0.15, 0.2) is 0 Å². The molecule has 0 amide bonds. The van der Waals surface area contributed by atoms with Crippen molar-refractivity contribution in [2.24, 2.45) is 5.41 Å². The third-order valence-corrected chi connectivity index (χ3v) is 4.23. The average Bonchev–Trinajstić information content (AvgIpc) is 2.09. The molecular weight excluding hydrogens is 211 g/mol. The Labute approximate surface area is 84.1 Å². The zero-order chi connectivity index (χ0) is 10.1. The summed E-state index contributed by atoms with van der Waals surface area (Å²) >= 11 is 5.54. The summed E-state index contributed by atoms with van der Waals surface area (Å²) in [5.41, 5.74) is -0.0580. The Hall–Kier alpha value is 0.440. The van der Waals surface area contributed by atoms with Crippen molar-refractivity contribution in [3.05, 3.63) is 0 Å². The lowest BCUT2D eigenvalue weighted by Crippen LogP contribution is -2.40. The maximum Gasteiger partial charge on any atom is 0.424 e. The van der Waals surface area contributed by atoms with Crippen LogP contribution in [0.25, 0.3) is 0 Å². The van der Waals surface area contributed by atoms with Crippen LogP contribution in [0.3, 0.4) is 0 Å². The molecule has 0 bridgehead atoms. The molecule has 78 valence electrons. The first-order chi connectivity index (χ1) is 5.93. The maximum atomic E-state index is 11.3. The van der Waals surface area contributed by atoms with Gasteiger partial charge in [0.25, 0.3) is 0 Å². The van der Waals surface area contributed by atoms with E-state index in [0.717, 1.165) is 12.8 Å². The fourth-order valence-corrected chi connectivity index (χ4v) is 3.18. The Morgan fingerprint density at radius 1 is 1.62 bits per heavy atom. The highest BCUT2D eigenvalue weighted by atomic mass is 35.7. The molecule has 0 aromatic heterocycles. The van der Waals surface area contributed by atoms with Crippen molar-refractivity contribution in [2.75, 3.05) is 6.61 Å². The minimum atomic E-state index is -3.28. The summed E-state index contributed by atoms with van der Waals surface area (Å²) in [6.45, 7) is 3.28. The van der Waals surface area contributed by atoms with E-state index in [9.17, 15) is 4.57 Å². The topological polar surface area (TPSA) is 35.5 Å². The van der Waals surface area contributed by atoms with E-state index in [2.05, 4.69) is 13.8 Å². The molecule has 0 radical (unpaired) electrons. The van der Waals surface area contributed by atoms with Gasteiger partial charge in [-0.3, -0.25) is 9.05 Å². The lowest BCUT2D eigenvalue weighted by molar-refractivity contribution is -0.0336. The van der Waals surface area contributed by atoms with Crippen molar-refractivity contribution in [1.29, 1.82) is 0 Å². The Kier molecular flexibility index (Phi) is 3.45. The van der Waals surface area contributed by atoms with Gasteiger partial charge in [0, 0.05) is 16.7 Å². The van der Waals surface area contributed by atoms with E-state index in [-0.39, 0.29) is 11.5 Å². The molecule has 1 heterocycles. The highest BCUT2D eigenvalue weighted by Crippen LogP contribution is 2.61. The largest absolute Gasteiger partial charge is 0.424 e. The molecule has 0 aromatic rings. The molecule has 5 heteroatoms. The predicted molar refractivity (Wildman–Crippen MR) is 53.0 cm³/mol. The molecule has 13 heavy (non-hydrogen) atoms. The van der Waals surface area contributed by atoms with Crippen LogP contribution in [0.2, 0.25) is 0 Å². The molecule has 1 saturated heterocycles. The monoisotopic (exact) mass is 226 g/mol. The molecule has 3 nitrogen and oxygen atoms in total. The molecule has 0 aliphatic carbocycles. The SMILES string of the molecule is CCC1OP(=O)(Cl)OCC1(C)CC. The van der Waals surface area contributed by atoms with Crippen LogP contribution in [-0.2, 0) is 13.6 Å². The molecule has 1 aliphatic heterocycles. The second-order valence-electron chi connectivity index (χ2n) is 3.71. The lowest BCUT2D eigenvalue weighted by atomic mass is 9.81. The van der Waals surface area contributed by atoms with Crippen LogP contribution >= 0.6 is 18.2 Å². The fraction of sp³-hybridized carbons (Fsp3) is 1.00. The first-order valence-corrected chi connectivity index (χ1v) is 7.01. The van der Waals surface area contributed by atoms with Crippen LogP contribution in [0.5, 0.6) is 0 Å². The second-order valence-corrected chi connectivity index (χ2v) is 6.29. The highest BCUT2D eigenvalue weighted by Gasteiger charge is 2.44. The summed E-state index contributed by atoms with van der Waals surface area (Å²) < 4.78 is 21.6. The summed E-state index contributed by atoms with van der Waals surface area (Å²) in [5.74, 6) is 0. The first kappa shape index (κ1) is 11.5. The van der Waals surface area contributed by atoms with Crippen molar-refractivity contribution in [3.63, 3.8) is 0 Å².